The van der Waals surface area contributed by atoms with Crippen LogP contribution in [0, 0.1) is 11.3 Å². The highest BCUT2D eigenvalue weighted by molar-refractivity contribution is 5.97. The number of benzene rings is 2. The van der Waals surface area contributed by atoms with Gasteiger partial charge in [0.25, 0.3) is 5.91 Å². The SMILES string of the molecule is C[C@H](OC(=O)COc1ccc2c(c1)CCC2)C(=O)N(CCC#N)c1ccccc1. The molecule has 0 bridgehead atoms. The van der Waals surface area contributed by atoms with E-state index >= 15 is 0 Å². The van der Waals surface area contributed by atoms with Gasteiger partial charge in [-0.05, 0) is 61.6 Å². The van der Waals surface area contributed by atoms with Crippen LogP contribution in [0.2, 0.25) is 0 Å². The van der Waals surface area contributed by atoms with E-state index in [0.29, 0.717) is 11.4 Å². The van der Waals surface area contributed by atoms with E-state index in [1.807, 2.05) is 42.5 Å². The van der Waals surface area contributed by atoms with Gasteiger partial charge in [-0.3, -0.25) is 4.79 Å². The molecule has 0 N–H and O–H groups in total. The minimum absolute atomic E-state index is 0.183. The molecule has 6 heteroatoms. The molecule has 3 rings (SSSR count). The maximum Gasteiger partial charge on any atom is 0.344 e. The lowest BCUT2D eigenvalue weighted by Crippen LogP contribution is -2.41. The van der Waals surface area contributed by atoms with Gasteiger partial charge < -0.3 is 14.4 Å². The first-order chi connectivity index (χ1) is 14.1. The number of carbonyl (C=O) groups excluding carboxylic acids is 2. The van der Waals surface area contributed by atoms with Crippen molar-refractivity contribution in [2.24, 2.45) is 0 Å². The fourth-order valence-electron chi connectivity index (χ4n) is 3.42. The summed E-state index contributed by atoms with van der Waals surface area (Å²) < 4.78 is 10.8. The highest BCUT2D eigenvalue weighted by atomic mass is 16.6. The third-order valence-corrected chi connectivity index (χ3v) is 4.86. The van der Waals surface area contributed by atoms with Crippen molar-refractivity contribution in [3.8, 4) is 11.8 Å². The maximum absolute atomic E-state index is 12.8. The first kappa shape index (κ1) is 20.4. The second-order valence-electron chi connectivity index (χ2n) is 6.94. The molecule has 0 fully saturated rings. The number of hydrogen-bond acceptors (Lipinski definition) is 5. The van der Waals surface area contributed by atoms with Crippen molar-refractivity contribution in [2.45, 2.75) is 38.7 Å². The summed E-state index contributed by atoms with van der Waals surface area (Å²) in [5.41, 5.74) is 3.25. The van der Waals surface area contributed by atoms with Crippen LogP contribution in [0.1, 0.15) is 30.9 Å². The largest absolute Gasteiger partial charge is 0.482 e. The number of rotatable bonds is 8. The molecule has 0 aliphatic heterocycles. The summed E-state index contributed by atoms with van der Waals surface area (Å²) in [6.07, 6.45) is 2.46. The summed E-state index contributed by atoms with van der Waals surface area (Å²) in [5.74, 6) is -0.363. The standard InChI is InChI=1S/C23H24N2O4/c1-17(23(27)25(14-6-13-24)20-9-3-2-4-10-20)29-22(26)16-28-21-12-11-18-7-5-8-19(18)15-21/h2-4,9-12,15,17H,5-8,14,16H2,1H3/t17-/m0/s1. The summed E-state index contributed by atoms with van der Waals surface area (Å²) in [6, 6.07) is 16.9. The summed E-state index contributed by atoms with van der Waals surface area (Å²) >= 11 is 0. The van der Waals surface area contributed by atoms with E-state index < -0.39 is 12.1 Å². The van der Waals surface area contributed by atoms with Crippen molar-refractivity contribution < 1.29 is 19.1 Å². The van der Waals surface area contributed by atoms with Crippen LogP contribution in [0.4, 0.5) is 5.69 Å². The quantitative estimate of drug-likeness (QED) is 0.643. The van der Waals surface area contributed by atoms with E-state index in [2.05, 4.69) is 0 Å². The minimum Gasteiger partial charge on any atom is -0.482 e. The molecular weight excluding hydrogens is 368 g/mol. The van der Waals surface area contributed by atoms with Crippen LogP contribution in [-0.4, -0.2) is 31.1 Å². The van der Waals surface area contributed by atoms with Gasteiger partial charge in [0.2, 0.25) is 0 Å². The van der Waals surface area contributed by atoms with E-state index in [4.69, 9.17) is 14.7 Å². The second kappa shape index (κ2) is 9.74. The Kier molecular flexibility index (Phi) is 6.85. The molecule has 1 atom stereocenters. The maximum atomic E-state index is 12.8. The number of amides is 1. The molecule has 150 valence electrons. The molecule has 6 nitrogen and oxygen atoms in total. The molecule has 0 unspecified atom stereocenters. The normalized spacial score (nSPS) is 13.1. The van der Waals surface area contributed by atoms with Crippen molar-refractivity contribution in [3.63, 3.8) is 0 Å². The van der Waals surface area contributed by atoms with Gasteiger partial charge in [0.15, 0.2) is 12.7 Å². The van der Waals surface area contributed by atoms with Crippen LogP contribution in [0.3, 0.4) is 0 Å². The fraction of sp³-hybridized carbons (Fsp3) is 0.348. The Morgan fingerprint density at radius 2 is 1.90 bits per heavy atom. The molecule has 29 heavy (non-hydrogen) atoms. The zero-order valence-corrected chi connectivity index (χ0v) is 16.5. The molecule has 0 saturated carbocycles. The third kappa shape index (κ3) is 5.35. The van der Waals surface area contributed by atoms with Crippen molar-refractivity contribution >= 4 is 17.6 Å². The predicted octanol–water partition coefficient (Wildman–Crippen LogP) is 3.43. The molecule has 0 radical (unpaired) electrons. The number of esters is 1. The predicted molar refractivity (Wildman–Crippen MR) is 109 cm³/mol. The average molecular weight is 392 g/mol. The van der Waals surface area contributed by atoms with Gasteiger partial charge in [-0.1, -0.05) is 24.3 Å². The molecule has 1 amide bonds. The lowest BCUT2D eigenvalue weighted by atomic mass is 10.1. The molecule has 0 spiro atoms. The van der Waals surface area contributed by atoms with Gasteiger partial charge in [-0.2, -0.15) is 5.26 Å². The molecule has 2 aromatic rings. The Hall–Kier alpha value is -3.33. The molecule has 1 aliphatic carbocycles. The van der Waals surface area contributed by atoms with Crippen LogP contribution in [0.25, 0.3) is 0 Å². The number of fused-ring (bicyclic) bond motifs is 1. The summed E-state index contributed by atoms with van der Waals surface area (Å²) in [7, 11) is 0. The monoisotopic (exact) mass is 392 g/mol. The first-order valence-corrected chi connectivity index (χ1v) is 9.76. The lowest BCUT2D eigenvalue weighted by Gasteiger charge is -2.25. The Morgan fingerprint density at radius 1 is 1.14 bits per heavy atom. The first-order valence-electron chi connectivity index (χ1n) is 9.76. The van der Waals surface area contributed by atoms with E-state index in [-0.39, 0.29) is 25.5 Å². The molecule has 0 saturated heterocycles. The number of hydrogen-bond donors (Lipinski definition) is 0. The summed E-state index contributed by atoms with van der Waals surface area (Å²) in [4.78, 5) is 26.4. The number of nitriles is 1. The summed E-state index contributed by atoms with van der Waals surface area (Å²) in [6.45, 7) is 1.49. The molecular formula is C23H24N2O4. The third-order valence-electron chi connectivity index (χ3n) is 4.86. The zero-order valence-electron chi connectivity index (χ0n) is 16.5. The van der Waals surface area contributed by atoms with E-state index in [1.54, 1.807) is 12.1 Å². The van der Waals surface area contributed by atoms with Crippen molar-refractivity contribution in [3.05, 3.63) is 59.7 Å². The Labute approximate surface area is 170 Å². The van der Waals surface area contributed by atoms with Gasteiger partial charge in [0.05, 0.1) is 12.5 Å². The number of anilines is 1. The van der Waals surface area contributed by atoms with Gasteiger partial charge in [0, 0.05) is 12.2 Å². The number of aryl methyl sites for hydroxylation is 2. The lowest BCUT2D eigenvalue weighted by molar-refractivity contribution is -0.155. The Balaban J connectivity index is 1.56. The number of para-hydroxylation sites is 1. The Morgan fingerprint density at radius 3 is 2.66 bits per heavy atom. The van der Waals surface area contributed by atoms with E-state index in [1.165, 1.54) is 23.0 Å². The molecule has 0 heterocycles. The van der Waals surface area contributed by atoms with Crippen molar-refractivity contribution in [2.75, 3.05) is 18.1 Å². The van der Waals surface area contributed by atoms with Crippen LogP contribution in [0.15, 0.2) is 48.5 Å². The fourth-order valence-corrected chi connectivity index (χ4v) is 3.42. The summed E-state index contributed by atoms with van der Waals surface area (Å²) in [5, 5.41) is 8.87. The minimum atomic E-state index is -0.981. The average Bonchev–Trinajstić information content (AvgIpc) is 3.21. The van der Waals surface area contributed by atoms with Gasteiger partial charge in [-0.15, -0.1) is 0 Å². The highest BCUT2D eigenvalue weighted by Gasteiger charge is 2.25. The number of carbonyl (C=O) groups is 2. The molecule has 0 aromatic heterocycles. The molecule has 1 aliphatic rings. The highest BCUT2D eigenvalue weighted by Crippen LogP contribution is 2.26. The van der Waals surface area contributed by atoms with Gasteiger partial charge in [-0.25, -0.2) is 4.79 Å². The smallest absolute Gasteiger partial charge is 0.344 e. The molecule has 2 aromatic carbocycles. The van der Waals surface area contributed by atoms with Crippen LogP contribution in [-0.2, 0) is 27.2 Å². The van der Waals surface area contributed by atoms with Crippen LogP contribution >= 0.6 is 0 Å². The van der Waals surface area contributed by atoms with Crippen LogP contribution in [0.5, 0.6) is 5.75 Å². The van der Waals surface area contributed by atoms with Gasteiger partial charge in [0.1, 0.15) is 5.75 Å². The van der Waals surface area contributed by atoms with Crippen molar-refractivity contribution in [1.82, 2.24) is 0 Å². The van der Waals surface area contributed by atoms with Crippen LogP contribution < -0.4 is 9.64 Å². The van der Waals surface area contributed by atoms with E-state index in [9.17, 15) is 9.59 Å². The van der Waals surface area contributed by atoms with E-state index in [0.717, 1.165) is 19.3 Å². The Bertz CT molecular complexity index is 905. The zero-order chi connectivity index (χ0) is 20.6. The topological polar surface area (TPSA) is 79.6 Å². The van der Waals surface area contributed by atoms with Crippen molar-refractivity contribution in [1.29, 1.82) is 5.26 Å². The van der Waals surface area contributed by atoms with Gasteiger partial charge >= 0.3 is 5.97 Å². The number of nitrogens with zero attached hydrogens (tertiary/aromatic N) is 2. The number of ether oxygens (including phenoxy) is 2. The second-order valence-corrected chi connectivity index (χ2v) is 6.94.